The molecule has 0 bridgehead atoms. The van der Waals surface area contributed by atoms with Crippen LogP contribution in [-0.2, 0) is 6.42 Å². The van der Waals surface area contributed by atoms with Gasteiger partial charge in [-0.15, -0.1) is 0 Å². The van der Waals surface area contributed by atoms with E-state index in [1.54, 1.807) is 6.08 Å². The molecule has 0 atom stereocenters. The summed E-state index contributed by atoms with van der Waals surface area (Å²) < 4.78 is 0. The first-order valence-electron chi connectivity index (χ1n) is 4.62. The molecule has 0 amide bonds. The van der Waals surface area contributed by atoms with Crippen LogP contribution in [0.4, 0.5) is 17.1 Å². The van der Waals surface area contributed by atoms with E-state index >= 15 is 0 Å². The Labute approximate surface area is 84.6 Å². The van der Waals surface area contributed by atoms with Crippen molar-refractivity contribution in [1.29, 1.82) is 0 Å². The van der Waals surface area contributed by atoms with Gasteiger partial charge >= 0.3 is 0 Å². The SMILES string of the molecule is C=Cc1c(N)c(N)c(C)c(CC)c1N. The van der Waals surface area contributed by atoms with Crippen molar-refractivity contribution in [2.24, 2.45) is 0 Å². The third-order valence-electron chi connectivity index (χ3n) is 2.61. The lowest BCUT2D eigenvalue weighted by atomic mass is 9.96. The molecule has 0 saturated carbocycles. The smallest absolute Gasteiger partial charge is 0.0644 e. The van der Waals surface area contributed by atoms with Crippen molar-refractivity contribution in [3.63, 3.8) is 0 Å². The maximum absolute atomic E-state index is 5.97. The normalized spacial score (nSPS) is 10.1. The van der Waals surface area contributed by atoms with Gasteiger partial charge < -0.3 is 17.2 Å². The van der Waals surface area contributed by atoms with E-state index in [1.165, 1.54) is 0 Å². The predicted molar refractivity (Wildman–Crippen MR) is 63.9 cm³/mol. The third kappa shape index (κ3) is 1.31. The Morgan fingerprint density at radius 3 is 2.14 bits per heavy atom. The Kier molecular flexibility index (Phi) is 2.70. The highest BCUT2D eigenvalue weighted by molar-refractivity contribution is 5.87. The van der Waals surface area contributed by atoms with E-state index in [9.17, 15) is 0 Å². The van der Waals surface area contributed by atoms with E-state index in [2.05, 4.69) is 6.58 Å². The van der Waals surface area contributed by atoms with Crippen LogP contribution in [0.25, 0.3) is 6.08 Å². The van der Waals surface area contributed by atoms with E-state index in [1.807, 2.05) is 13.8 Å². The molecule has 1 aromatic carbocycles. The average molecular weight is 191 g/mol. The number of hydrogen-bond acceptors (Lipinski definition) is 3. The predicted octanol–water partition coefficient (Wildman–Crippen LogP) is 1.95. The molecule has 0 spiro atoms. The lowest BCUT2D eigenvalue weighted by Crippen LogP contribution is -2.07. The third-order valence-corrected chi connectivity index (χ3v) is 2.61. The number of anilines is 3. The van der Waals surface area contributed by atoms with Crippen molar-refractivity contribution < 1.29 is 0 Å². The first-order chi connectivity index (χ1) is 6.54. The number of nitrogens with two attached hydrogens (primary N) is 3. The largest absolute Gasteiger partial charge is 0.398 e. The molecule has 6 N–H and O–H groups in total. The van der Waals surface area contributed by atoms with E-state index in [-0.39, 0.29) is 0 Å². The number of benzene rings is 1. The van der Waals surface area contributed by atoms with Crippen molar-refractivity contribution in [3.8, 4) is 0 Å². The minimum Gasteiger partial charge on any atom is -0.398 e. The quantitative estimate of drug-likeness (QED) is 0.625. The highest BCUT2D eigenvalue weighted by Crippen LogP contribution is 2.34. The summed E-state index contributed by atoms with van der Waals surface area (Å²) in [4.78, 5) is 0. The maximum atomic E-state index is 5.97. The summed E-state index contributed by atoms with van der Waals surface area (Å²) in [5, 5.41) is 0. The summed E-state index contributed by atoms with van der Waals surface area (Å²) in [7, 11) is 0. The van der Waals surface area contributed by atoms with Crippen LogP contribution in [0.15, 0.2) is 6.58 Å². The molecule has 3 nitrogen and oxygen atoms in total. The zero-order chi connectivity index (χ0) is 10.9. The van der Waals surface area contributed by atoms with E-state index < -0.39 is 0 Å². The molecule has 76 valence electrons. The van der Waals surface area contributed by atoms with Crippen molar-refractivity contribution in [1.82, 2.24) is 0 Å². The molecule has 0 unspecified atom stereocenters. The molecule has 0 aliphatic carbocycles. The molecular formula is C11H17N3. The van der Waals surface area contributed by atoms with Gasteiger partial charge in [0, 0.05) is 11.3 Å². The van der Waals surface area contributed by atoms with Crippen LogP contribution in [-0.4, -0.2) is 0 Å². The van der Waals surface area contributed by atoms with E-state index in [0.717, 1.165) is 23.1 Å². The summed E-state index contributed by atoms with van der Waals surface area (Å²) in [5.41, 5.74) is 22.3. The van der Waals surface area contributed by atoms with E-state index in [0.29, 0.717) is 17.1 Å². The Hall–Kier alpha value is -1.64. The first-order valence-corrected chi connectivity index (χ1v) is 4.62. The van der Waals surface area contributed by atoms with Gasteiger partial charge in [-0.1, -0.05) is 19.6 Å². The minimum absolute atomic E-state index is 0.534. The van der Waals surface area contributed by atoms with Gasteiger partial charge in [-0.2, -0.15) is 0 Å². The molecule has 0 saturated heterocycles. The first kappa shape index (κ1) is 10.4. The molecule has 0 heterocycles. The van der Waals surface area contributed by atoms with Gasteiger partial charge in [0.15, 0.2) is 0 Å². The molecule has 0 fully saturated rings. The number of hydrogen-bond donors (Lipinski definition) is 3. The fourth-order valence-corrected chi connectivity index (χ4v) is 1.69. The zero-order valence-corrected chi connectivity index (χ0v) is 8.72. The van der Waals surface area contributed by atoms with Crippen LogP contribution in [0.2, 0.25) is 0 Å². The van der Waals surface area contributed by atoms with Crippen LogP contribution >= 0.6 is 0 Å². The van der Waals surface area contributed by atoms with Crippen molar-refractivity contribution in [2.75, 3.05) is 17.2 Å². The molecule has 1 aromatic rings. The molecule has 0 aromatic heterocycles. The van der Waals surface area contributed by atoms with Crippen LogP contribution in [0.3, 0.4) is 0 Å². The minimum atomic E-state index is 0.534. The summed E-state index contributed by atoms with van der Waals surface area (Å²) in [6, 6.07) is 0. The average Bonchev–Trinajstić information content (AvgIpc) is 2.16. The molecular weight excluding hydrogens is 174 g/mol. The van der Waals surface area contributed by atoms with Gasteiger partial charge in [0.1, 0.15) is 0 Å². The molecule has 0 aliphatic heterocycles. The van der Waals surface area contributed by atoms with Crippen molar-refractivity contribution in [3.05, 3.63) is 23.3 Å². The van der Waals surface area contributed by atoms with Crippen molar-refractivity contribution in [2.45, 2.75) is 20.3 Å². The summed E-state index contributed by atoms with van der Waals surface area (Å²) in [6.07, 6.45) is 2.50. The van der Waals surface area contributed by atoms with Crippen LogP contribution in [0, 0.1) is 6.92 Å². The molecule has 3 heteroatoms. The van der Waals surface area contributed by atoms with Gasteiger partial charge in [0.2, 0.25) is 0 Å². The van der Waals surface area contributed by atoms with Gasteiger partial charge in [-0.3, -0.25) is 0 Å². The van der Waals surface area contributed by atoms with Crippen LogP contribution in [0.5, 0.6) is 0 Å². The second kappa shape index (κ2) is 3.62. The van der Waals surface area contributed by atoms with Gasteiger partial charge in [0.25, 0.3) is 0 Å². The number of rotatable bonds is 2. The molecule has 0 radical (unpaired) electrons. The second-order valence-corrected chi connectivity index (χ2v) is 3.32. The fraction of sp³-hybridized carbons (Fsp3) is 0.273. The van der Waals surface area contributed by atoms with Gasteiger partial charge in [-0.25, -0.2) is 0 Å². The maximum Gasteiger partial charge on any atom is 0.0644 e. The summed E-state index contributed by atoms with van der Waals surface area (Å²) >= 11 is 0. The molecule has 1 rings (SSSR count). The second-order valence-electron chi connectivity index (χ2n) is 3.32. The van der Waals surface area contributed by atoms with Crippen LogP contribution in [0.1, 0.15) is 23.6 Å². The summed E-state index contributed by atoms with van der Waals surface area (Å²) in [5.74, 6) is 0. The van der Waals surface area contributed by atoms with Crippen LogP contribution < -0.4 is 17.2 Å². The Balaban J connectivity index is 3.64. The monoisotopic (exact) mass is 191 g/mol. The van der Waals surface area contributed by atoms with Gasteiger partial charge in [0.05, 0.1) is 11.4 Å². The Bertz CT molecular complexity index is 381. The van der Waals surface area contributed by atoms with Crippen molar-refractivity contribution >= 4 is 23.1 Å². The number of nitrogen functional groups attached to an aromatic ring is 3. The molecule has 14 heavy (non-hydrogen) atoms. The highest BCUT2D eigenvalue weighted by atomic mass is 14.7. The lowest BCUT2D eigenvalue weighted by Gasteiger charge is -2.16. The topological polar surface area (TPSA) is 78.1 Å². The van der Waals surface area contributed by atoms with Gasteiger partial charge in [-0.05, 0) is 24.5 Å². The summed E-state index contributed by atoms with van der Waals surface area (Å²) in [6.45, 7) is 7.66. The highest BCUT2D eigenvalue weighted by Gasteiger charge is 2.13. The molecule has 0 aliphatic rings. The van der Waals surface area contributed by atoms with E-state index in [4.69, 9.17) is 17.2 Å². The fourth-order valence-electron chi connectivity index (χ4n) is 1.69. The Morgan fingerprint density at radius 1 is 1.14 bits per heavy atom. The standard InChI is InChI=1S/C11H17N3/c1-4-7-6(3)9(12)11(14)8(5-2)10(7)13/h5H,2,4,12-14H2,1,3H3. The zero-order valence-electron chi connectivity index (χ0n) is 8.72. The lowest BCUT2D eigenvalue weighted by molar-refractivity contribution is 1.12. The Morgan fingerprint density at radius 2 is 1.71 bits per heavy atom.